The number of thiophene rings is 1. The Bertz CT molecular complexity index is 738. The second-order valence-corrected chi connectivity index (χ2v) is 6.46. The van der Waals surface area contributed by atoms with Crippen molar-refractivity contribution in [3.05, 3.63) is 68.5 Å². The van der Waals surface area contributed by atoms with Crippen molar-refractivity contribution >= 4 is 49.0 Å². The molecule has 0 aliphatic carbocycles. The summed E-state index contributed by atoms with van der Waals surface area (Å²) in [5, 5.41) is 4.00. The average molecular weight is 353 g/mol. The molecular formula is C15H11BrClNS. The first kappa shape index (κ1) is 13.1. The topological polar surface area (TPSA) is 26.0 Å². The first-order valence-corrected chi connectivity index (χ1v) is 7.89. The van der Waals surface area contributed by atoms with Gasteiger partial charge in [0, 0.05) is 9.17 Å². The quantitative estimate of drug-likeness (QED) is 0.659. The van der Waals surface area contributed by atoms with Gasteiger partial charge in [-0.3, -0.25) is 0 Å². The summed E-state index contributed by atoms with van der Waals surface area (Å²) in [7, 11) is 0. The van der Waals surface area contributed by atoms with Crippen LogP contribution in [-0.4, -0.2) is 0 Å². The number of halogens is 2. The first-order valence-electron chi connectivity index (χ1n) is 5.84. The standard InChI is InChI=1S/C15H11BrClNS/c16-12-6-2-4-10(13(12)17)14(18)11-5-1-3-9-7-8-19-15(9)11/h1-8,14H,18H2. The molecule has 1 unspecified atom stereocenters. The van der Waals surface area contributed by atoms with Gasteiger partial charge in [-0.25, -0.2) is 0 Å². The van der Waals surface area contributed by atoms with Gasteiger partial charge < -0.3 is 5.73 Å². The third kappa shape index (κ3) is 2.32. The molecule has 0 spiro atoms. The Morgan fingerprint density at radius 1 is 1.05 bits per heavy atom. The van der Waals surface area contributed by atoms with Gasteiger partial charge >= 0.3 is 0 Å². The van der Waals surface area contributed by atoms with Crippen molar-refractivity contribution in [1.29, 1.82) is 0 Å². The second kappa shape index (κ2) is 5.25. The molecule has 3 aromatic rings. The summed E-state index contributed by atoms with van der Waals surface area (Å²) < 4.78 is 2.10. The van der Waals surface area contributed by atoms with Gasteiger partial charge in [-0.1, -0.05) is 41.9 Å². The average Bonchev–Trinajstić information content (AvgIpc) is 2.89. The second-order valence-electron chi connectivity index (χ2n) is 4.31. The maximum Gasteiger partial charge on any atom is 0.0599 e. The van der Waals surface area contributed by atoms with Crippen LogP contribution in [0.4, 0.5) is 0 Å². The fourth-order valence-electron chi connectivity index (χ4n) is 2.19. The predicted octanol–water partition coefficient (Wildman–Crippen LogP) is 5.37. The summed E-state index contributed by atoms with van der Waals surface area (Å²) >= 11 is 11.5. The Morgan fingerprint density at radius 2 is 1.79 bits per heavy atom. The molecule has 0 bridgehead atoms. The van der Waals surface area contributed by atoms with E-state index in [4.69, 9.17) is 17.3 Å². The summed E-state index contributed by atoms with van der Waals surface area (Å²) in [4.78, 5) is 0. The summed E-state index contributed by atoms with van der Waals surface area (Å²) in [6, 6.07) is 14.0. The molecule has 3 rings (SSSR count). The zero-order valence-electron chi connectivity index (χ0n) is 9.94. The van der Waals surface area contributed by atoms with Crippen molar-refractivity contribution in [2.45, 2.75) is 6.04 Å². The van der Waals surface area contributed by atoms with Gasteiger partial charge in [-0.05, 0) is 50.0 Å². The zero-order valence-corrected chi connectivity index (χ0v) is 13.1. The first-order chi connectivity index (χ1) is 9.18. The van der Waals surface area contributed by atoms with E-state index in [9.17, 15) is 0 Å². The van der Waals surface area contributed by atoms with Gasteiger partial charge in [-0.2, -0.15) is 0 Å². The Labute approximate surface area is 129 Å². The van der Waals surface area contributed by atoms with E-state index in [0.717, 1.165) is 15.6 Å². The molecule has 0 aliphatic heterocycles. The fourth-order valence-corrected chi connectivity index (χ4v) is 3.77. The number of hydrogen-bond donors (Lipinski definition) is 1. The van der Waals surface area contributed by atoms with Crippen molar-refractivity contribution < 1.29 is 0 Å². The minimum Gasteiger partial charge on any atom is -0.320 e. The molecule has 0 radical (unpaired) electrons. The van der Waals surface area contributed by atoms with Gasteiger partial charge in [0.25, 0.3) is 0 Å². The van der Waals surface area contributed by atoms with Crippen molar-refractivity contribution in [1.82, 2.24) is 0 Å². The Kier molecular flexibility index (Phi) is 3.63. The van der Waals surface area contributed by atoms with Crippen molar-refractivity contribution in [2.75, 3.05) is 0 Å². The molecule has 0 aliphatic rings. The van der Waals surface area contributed by atoms with Crippen molar-refractivity contribution in [3.8, 4) is 0 Å². The molecule has 0 amide bonds. The lowest BCUT2D eigenvalue weighted by Gasteiger charge is -2.16. The highest BCUT2D eigenvalue weighted by atomic mass is 79.9. The van der Waals surface area contributed by atoms with E-state index in [2.05, 4.69) is 39.5 Å². The predicted molar refractivity (Wildman–Crippen MR) is 87.0 cm³/mol. The molecule has 1 nitrogen and oxygen atoms in total. The third-order valence-electron chi connectivity index (χ3n) is 3.16. The van der Waals surface area contributed by atoms with E-state index < -0.39 is 0 Å². The fraction of sp³-hybridized carbons (Fsp3) is 0.0667. The van der Waals surface area contributed by atoms with Crippen LogP contribution in [0.1, 0.15) is 17.2 Å². The third-order valence-corrected chi connectivity index (χ3v) is 5.45. The van der Waals surface area contributed by atoms with Gasteiger partial charge in [0.2, 0.25) is 0 Å². The van der Waals surface area contributed by atoms with E-state index in [1.165, 1.54) is 10.1 Å². The summed E-state index contributed by atoms with van der Waals surface area (Å²) in [5.41, 5.74) is 8.47. The molecule has 0 saturated heterocycles. The minimum atomic E-state index is -0.215. The van der Waals surface area contributed by atoms with Crippen LogP contribution >= 0.6 is 38.9 Å². The van der Waals surface area contributed by atoms with Crippen LogP contribution in [0.2, 0.25) is 5.02 Å². The lowest BCUT2D eigenvalue weighted by atomic mass is 9.98. The van der Waals surface area contributed by atoms with E-state index in [1.54, 1.807) is 11.3 Å². The summed E-state index contributed by atoms with van der Waals surface area (Å²) in [6.45, 7) is 0. The van der Waals surface area contributed by atoms with Crippen molar-refractivity contribution in [3.63, 3.8) is 0 Å². The molecule has 19 heavy (non-hydrogen) atoms. The normalized spacial score (nSPS) is 12.8. The Morgan fingerprint density at radius 3 is 2.63 bits per heavy atom. The number of nitrogens with two attached hydrogens (primary N) is 1. The highest BCUT2D eigenvalue weighted by Gasteiger charge is 2.16. The van der Waals surface area contributed by atoms with Gasteiger partial charge in [0.1, 0.15) is 0 Å². The number of fused-ring (bicyclic) bond motifs is 1. The summed E-state index contributed by atoms with van der Waals surface area (Å²) in [6.07, 6.45) is 0. The maximum absolute atomic E-state index is 6.41. The van der Waals surface area contributed by atoms with Crippen molar-refractivity contribution in [2.24, 2.45) is 5.73 Å². The van der Waals surface area contributed by atoms with Crippen LogP contribution in [0, 0.1) is 0 Å². The van der Waals surface area contributed by atoms with E-state index in [1.807, 2.05) is 24.3 Å². The molecule has 0 saturated carbocycles. The zero-order chi connectivity index (χ0) is 13.4. The molecule has 2 N–H and O–H groups in total. The smallest absolute Gasteiger partial charge is 0.0599 e. The molecule has 4 heteroatoms. The molecule has 1 aromatic heterocycles. The molecular weight excluding hydrogens is 342 g/mol. The molecule has 0 fully saturated rings. The largest absolute Gasteiger partial charge is 0.320 e. The molecule has 1 heterocycles. The van der Waals surface area contributed by atoms with E-state index >= 15 is 0 Å². The molecule has 96 valence electrons. The molecule has 2 aromatic carbocycles. The number of rotatable bonds is 2. The maximum atomic E-state index is 6.41. The monoisotopic (exact) mass is 351 g/mol. The highest BCUT2D eigenvalue weighted by molar-refractivity contribution is 9.10. The SMILES string of the molecule is NC(c1cccc(Br)c1Cl)c1cccc2ccsc12. The van der Waals surface area contributed by atoms with E-state index in [0.29, 0.717) is 5.02 Å². The lowest BCUT2D eigenvalue weighted by Crippen LogP contribution is -2.12. The number of hydrogen-bond acceptors (Lipinski definition) is 2. The van der Waals surface area contributed by atoms with E-state index in [-0.39, 0.29) is 6.04 Å². The van der Waals surface area contributed by atoms with Gasteiger partial charge in [0.05, 0.1) is 11.1 Å². The number of benzene rings is 2. The molecule has 1 atom stereocenters. The van der Waals surface area contributed by atoms with Crippen LogP contribution in [0.25, 0.3) is 10.1 Å². The van der Waals surface area contributed by atoms with Crippen LogP contribution in [0.15, 0.2) is 52.3 Å². The van der Waals surface area contributed by atoms with Crippen LogP contribution in [-0.2, 0) is 0 Å². The highest BCUT2D eigenvalue weighted by Crippen LogP contribution is 2.36. The minimum absolute atomic E-state index is 0.215. The summed E-state index contributed by atoms with van der Waals surface area (Å²) in [5.74, 6) is 0. The lowest BCUT2D eigenvalue weighted by molar-refractivity contribution is 0.882. The Hall–Kier alpha value is -0.870. The van der Waals surface area contributed by atoms with Gasteiger partial charge in [-0.15, -0.1) is 11.3 Å². The van der Waals surface area contributed by atoms with Crippen LogP contribution in [0.3, 0.4) is 0 Å². The van der Waals surface area contributed by atoms with Crippen LogP contribution in [0.5, 0.6) is 0 Å². The van der Waals surface area contributed by atoms with Crippen LogP contribution < -0.4 is 5.73 Å². The van der Waals surface area contributed by atoms with Gasteiger partial charge in [0.15, 0.2) is 0 Å². The Balaban J connectivity index is 2.16.